The number of carbonyl (C=O) groups excluding carboxylic acids is 9. The largest absolute Gasteiger partial charge is 0.480 e. The number of rotatable bonds is 24. The molecule has 4 aliphatic heterocycles. The van der Waals surface area contributed by atoms with Crippen molar-refractivity contribution >= 4 is 119 Å². The summed E-state index contributed by atoms with van der Waals surface area (Å²) in [7, 11) is 0. The van der Waals surface area contributed by atoms with Gasteiger partial charge in [0.05, 0.1) is 38.7 Å². The van der Waals surface area contributed by atoms with Gasteiger partial charge in [0.1, 0.15) is 36.3 Å². The molecule has 11 N–H and O–H groups in total. The zero-order valence-electron chi connectivity index (χ0n) is 57.3. The SMILES string of the molecule is CCCCOC(=O)/N=C/C1CSCc2cc(CSCCNC(=O)CN3CCN(CC(=O)O)CCN(CC(=O)O)CCN(CC(=O)O)CC3)cc(c2)CSC[C@@H](C(=O)O)NC(=O)[C@H](Cc2ccccc2)NC(=O)[C@H](CCC(N)=O)NC(=O)[C@H](CC)NC(=O)[C@@H]2CCCN2C(=O)[C@@H]2CCCN2C1=O. The highest BCUT2D eigenvalue weighted by molar-refractivity contribution is 7.99. The molecular weight excluding hydrogens is 1370 g/mol. The molecule has 101 heavy (non-hydrogen) atoms. The first-order valence-electron chi connectivity index (χ1n) is 34.1. The number of aliphatic carboxylic acids is 4. The first kappa shape index (κ1) is 82.1. The molecule has 7 atom stereocenters. The number of thioether (sulfide) groups is 3. The van der Waals surface area contributed by atoms with E-state index in [0.717, 1.165) is 23.1 Å². The smallest absolute Gasteiger partial charge is 0.433 e. The Morgan fingerprint density at radius 3 is 1.71 bits per heavy atom. The van der Waals surface area contributed by atoms with Crippen LogP contribution < -0.4 is 32.3 Å². The molecule has 4 heterocycles. The minimum absolute atomic E-state index is 0.0241. The van der Waals surface area contributed by atoms with Gasteiger partial charge in [-0.05, 0) is 67.2 Å². The molecule has 31 nitrogen and oxygen atoms in total. The molecule has 3 saturated heterocycles. The maximum Gasteiger partial charge on any atom is 0.433 e. The molecule has 6 rings (SSSR count). The molecule has 1 unspecified atom stereocenters. The predicted octanol–water partition coefficient (Wildman–Crippen LogP) is 0.539. The second-order valence-corrected chi connectivity index (χ2v) is 28.5. The number of amides is 9. The van der Waals surface area contributed by atoms with E-state index in [0.29, 0.717) is 42.1 Å². The Balaban J connectivity index is 1.26. The van der Waals surface area contributed by atoms with Crippen LogP contribution in [0.2, 0.25) is 0 Å². The highest BCUT2D eigenvalue weighted by Gasteiger charge is 2.44. The second-order valence-electron chi connectivity index (χ2n) is 25.3. The van der Waals surface area contributed by atoms with Crippen molar-refractivity contribution in [1.82, 2.24) is 56.0 Å². The van der Waals surface area contributed by atoms with Crippen LogP contribution in [-0.4, -0.2) is 292 Å². The zero-order valence-corrected chi connectivity index (χ0v) is 59.8. The van der Waals surface area contributed by atoms with Gasteiger partial charge in [0.15, 0.2) is 0 Å². The number of unbranched alkanes of at least 4 members (excludes halogenated alkanes) is 1. The molecule has 34 heteroatoms. The lowest BCUT2D eigenvalue weighted by atomic mass is 10.0. The molecule has 4 aliphatic rings. The van der Waals surface area contributed by atoms with E-state index in [9.17, 15) is 82.8 Å². The second kappa shape index (κ2) is 43.2. The summed E-state index contributed by atoms with van der Waals surface area (Å²) in [6, 6.07) is 6.83. The van der Waals surface area contributed by atoms with Crippen molar-refractivity contribution < 1.29 is 87.5 Å². The van der Waals surface area contributed by atoms with Gasteiger partial charge in [-0.1, -0.05) is 68.8 Å². The van der Waals surface area contributed by atoms with Gasteiger partial charge in [-0.25, -0.2) is 9.59 Å². The van der Waals surface area contributed by atoms with Crippen molar-refractivity contribution in [3.8, 4) is 0 Å². The number of carboxylic acid groups (broad SMARTS) is 4. The van der Waals surface area contributed by atoms with Gasteiger partial charge in [-0.2, -0.15) is 40.3 Å². The number of carbonyl (C=O) groups is 13. The molecular formula is C67H97N13O18S3. The topological polar surface area (TPSA) is 430 Å². The minimum Gasteiger partial charge on any atom is -0.480 e. The monoisotopic (exact) mass is 1470 g/mol. The van der Waals surface area contributed by atoms with Crippen LogP contribution in [0.25, 0.3) is 0 Å². The quantitative estimate of drug-likeness (QED) is 0.0506. The van der Waals surface area contributed by atoms with Gasteiger partial charge in [-0.3, -0.25) is 72.3 Å². The summed E-state index contributed by atoms with van der Waals surface area (Å²) in [4.78, 5) is 187. The first-order valence-corrected chi connectivity index (χ1v) is 37.6. The van der Waals surface area contributed by atoms with Crippen LogP contribution in [0.15, 0.2) is 53.5 Å². The molecule has 556 valence electrons. The molecule has 0 spiro atoms. The highest BCUT2D eigenvalue weighted by atomic mass is 32.2. The summed E-state index contributed by atoms with van der Waals surface area (Å²) in [5, 5.41) is 53.0. The van der Waals surface area contributed by atoms with Crippen molar-refractivity contribution in [3.05, 3.63) is 70.8 Å². The molecule has 3 fully saturated rings. The van der Waals surface area contributed by atoms with Crippen LogP contribution in [-0.2, 0) is 86.0 Å². The number of nitrogens with one attached hydrogen (secondary N) is 5. The molecule has 0 aromatic heterocycles. The Labute approximate surface area is 600 Å². The molecule has 0 radical (unpaired) electrons. The number of nitrogens with zero attached hydrogens (tertiary/aromatic N) is 7. The fourth-order valence-corrected chi connectivity index (χ4v) is 14.9. The number of hydrogen-bond acceptors (Lipinski definition) is 21. The highest BCUT2D eigenvalue weighted by Crippen LogP contribution is 2.29. The Hall–Kier alpha value is -7.89. The van der Waals surface area contributed by atoms with E-state index in [4.69, 9.17) is 10.5 Å². The summed E-state index contributed by atoms with van der Waals surface area (Å²) in [6.07, 6.45) is 2.33. The van der Waals surface area contributed by atoms with Crippen LogP contribution in [0.3, 0.4) is 0 Å². The van der Waals surface area contributed by atoms with Crippen LogP contribution in [0, 0.1) is 5.92 Å². The molecule has 0 aliphatic carbocycles. The van der Waals surface area contributed by atoms with Gasteiger partial charge >= 0.3 is 30.0 Å². The number of primary amides is 1. The fourth-order valence-electron chi connectivity index (χ4n) is 12.1. The lowest BCUT2D eigenvalue weighted by Crippen LogP contribution is -2.59. The van der Waals surface area contributed by atoms with E-state index in [-0.39, 0.29) is 166 Å². The number of nitrogens with two attached hydrogens (primary N) is 1. The van der Waals surface area contributed by atoms with Crippen LogP contribution in [0.5, 0.6) is 0 Å². The summed E-state index contributed by atoms with van der Waals surface area (Å²) in [5.74, 6) is -9.50. The third kappa shape index (κ3) is 28.8. The maximum atomic E-state index is 14.9. The third-order valence-electron chi connectivity index (χ3n) is 17.4. The Kier molecular flexibility index (Phi) is 35.1. The van der Waals surface area contributed by atoms with E-state index in [2.05, 4.69) is 31.6 Å². The molecule has 2 aromatic rings. The standard InChI is InChI=1S/C67H97N13O18S3/c1-3-5-28-98-67(97)70-34-48-42-100-40-46-30-45(39-99-29-17-69-56(82)35-75-20-22-76(36-57(83)84)24-26-78(38-59(87)88)27-25-77(23-21-75)37-58(85)86)31-47(32-46)41-101-43-52(66(95)96)74-62(91)51(33-44-11-7-6-8-12-44)73-61(90)50(15-16-55(68)81)72-60(89)49(4-2)71-63(92)53-13-9-18-79(53)65(94)54-14-10-19-80(54)64(48)93/h6-8,11-12,30-32,34,48-54H,3-5,9-10,13-29,33,35-43H2,1-2H3,(H2,68,81)(H,69,82)(H,71,92)(H,72,89)(H,73,90)(H,74,91)(H,83,84)(H,85,86)(H,87,88)(H,95,96)/b70-34+/t48?,49-,50-,51-,52-,53-,54-/m0/s1. The van der Waals surface area contributed by atoms with Gasteiger partial charge in [0, 0.05) is 126 Å². The molecule has 0 saturated carbocycles. The van der Waals surface area contributed by atoms with Gasteiger partial charge < -0.3 is 67.3 Å². The van der Waals surface area contributed by atoms with Crippen molar-refractivity contribution in [3.63, 3.8) is 0 Å². The van der Waals surface area contributed by atoms with E-state index < -0.39 is 113 Å². The normalized spacial score (nSPS) is 23.1. The number of benzene rings is 2. The van der Waals surface area contributed by atoms with E-state index in [1.54, 1.807) is 52.0 Å². The Morgan fingerprint density at radius 2 is 1.16 bits per heavy atom. The Morgan fingerprint density at radius 1 is 0.634 bits per heavy atom. The summed E-state index contributed by atoms with van der Waals surface area (Å²) < 4.78 is 5.30. The van der Waals surface area contributed by atoms with Crippen LogP contribution in [0.4, 0.5) is 4.79 Å². The molecule has 9 amide bonds. The van der Waals surface area contributed by atoms with Crippen molar-refractivity contribution in [2.45, 2.75) is 132 Å². The number of fused-ring (bicyclic) bond motifs is 4. The zero-order chi connectivity index (χ0) is 73.4. The van der Waals surface area contributed by atoms with Gasteiger partial charge in [-0.15, -0.1) is 0 Å². The predicted molar refractivity (Wildman–Crippen MR) is 379 cm³/mol. The van der Waals surface area contributed by atoms with Gasteiger partial charge in [0.25, 0.3) is 0 Å². The van der Waals surface area contributed by atoms with E-state index >= 15 is 0 Å². The third-order valence-corrected chi connectivity index (χ3v) is 20.7. The Bertz CT molecular complexity index is 3180. The van der Waals surface area contributed by atoms with E-state index in [1.165, 1.54) is 51.3 Å². The van der Waals surface area contributed by atoms with Gasteiger partial charge in [0.2, 0.25) is 47.3 Å². The first-order chi connectivity index (χ1) is 48.4. The lowest BCUT2D eigenvalue weighted by molar-refractivity contribution is -0.147. The summed E-state index contributed by atoms with van der Waals surface area (Å²) >= 11 is 4.09. The average Bonchev–Trinajstić information content (AvgIpc) is 1.68. The fraction of sp³-hybridized carbons (Fsp3) is 0.612. The van der Waals surface area contributed by atoms with Crippen molar-refractivity contribution in [2.75, 3.05) is 122 Å². The van der Waals surface area contributed by atoms with Crippen molar-refractivity contribution in [2.24, 2.45) is 16.6 Å². The lowest BCUT2D eigenvalue weighted by Gasteiger charge is -2.32. The summed E-state index contributed by atoms with van der Waals surface area (Å²) in [5.41, 5.74) is 8.55. The minimum atomic E-state index is -1.48. The average molecular weight is 1470 g/mol. The van der Waals surface area contributed by atoms with E-state index in [1.807, 2.05) is 30.0 Å². The maximum absolute atomic E-state index is 14.9. The number of ether oxygens (including phenoxy) is 1. The number of hydrogen-bond donors (Lipinski definition) is 10. The number of carboxylic acids is 4. The summed E-state index contributed by atoms with van der Waals surface area (Å²) in [6.45, 7) is 5.16. The van der Waals surface area contributed by atoms with Crippen molar-refractivity contribution in [1.29, 1.82) is 0 Å². The van der Waals surface area contributed by atoms with Crippen LogP contribution in [0.1, 0.15) is 93.9 Å². The molecule has 2 aromatic carbocycles. The number of aliphatic imine (C=N–C) groups is 1. The van der Waals surface area contributed by atoms with Crippen LogP contribution >= 0.6 is 35.3 Å². The molecule has 2 bridgehead atoms.